The van der Waals surface area contributed by atoms with Crippen LogP contribution in [0.1, 0.15) is 29.3 Å². The van der Waals surface area contributed by atoms with Crippen molar-refractivity contribution in [2.24, 2.45) is 5.73 Å². The van der Waals surface area contributed by atoms with Crippen molar-refractivity contribution in [3.05, 3.63) is 29.3 Å². The van der Waals surface area contributed by atoms with E-state index in [9.17, 15) is 4.79 Å². The number of anilines is 1. The summed E-state index contributed by atoms with van der Waals surface area (Å²) >= 11 is 0. The molecule has 15 heavy (non-hydrogen) atoms. The molecule has 0 fully saturated rings. The van der Waals surface area contributed by atoms with Crippen LogP contribution < -0.4 is 11.1 Å². The van der Waals surface area contributed by atoms with Gasteiger partial charge in [0.1, 0.15) is 0 Å². The maximum atomic E-state index is 10.8. The number of carbonyl (C=O) groups is 1. The van der Waals surface area contributed by atoms with Gasteiger partial charge in [0.25, 0.3) is 0 Å². The maximum Gasteiger partial charge on any atom is 0.335 e. The molecule has 0 radical (unpaired) electrons. The molecule has 1 aliphatic rings. The fourth-order valence-corrected chi connectivity index (χ4v) is 1.90. The quantitative estimate of drug-likeness (QED) is 0.648. The Morgan fingerprint density at radius 3 is 3.00 bits per heavy atom. The van der Waals surface area contributed by atoms with Crippen LogP contribution >= 0.6 is 0 Å². The van der Waals surface area contributed by atoms with E-state index in [0.29, 0.717) is 0 Å². The summed E-state index contributed by atoms with van der Waals surface area (Å²) in [6, 6.07) is 5.03. The molecule has 1 atom stereocenters. The van der Waals surface area contributed by atoms with Gasteiger partial charge in [-0.2, -0.15) is 0 Å². The SMILES string of the molecule is C[C@@]1(N)CCNc2ccc(C(=O)O)cc21. The average Bonchev–Trinajstić information content (AvgIpc) is 2.17. The Balaban J connectivity index is 2.53. The number of carboxylic acids is 1. The van der Waals surface area contributed by atoms with Crippen molar-refractivity contribution in [2.75, 3.05) is 11.9 Å². The zero-order valence-electron chi connectivity index (χ0n) is 8.58. The first-order valence-electron chi connectivity index (χ1n) is 4.91. The van der Waals surface area contributed by atoms with Crippen molar-refractivity contribution in [3.8, 4) is 0 Å². The van der Waals surface area contributed by atoms with Crippen LogP contribution in [0, 0.1) is 0 Å². The lowest BCUT2D eigenvalue weighted by molar-refractivity contribution is 0.0696. The topological polar surface area (TPSA) is 75.3 Å². The number of hydrogen-bond acceptors (Lipinski definition) is 3. The maximum absolute atomic E-state index is 10.8. The number of rotatable bonds is 1. The molecule has 0 unspecified atom stereocenters. The first-order valence-corrected chi connectivity index (χ1v) is 4.91. The van der Waals surface area contributed by atoms with Gasteiger partial charge < -0.3 is 16.2 Å². The van der Waals surface area contributed by atoms with E-state index < -0.39 is 11.5 Å². The van der Waals surface area contributed by atoms with E-state index in [-0.39, 0.29) is 5.56 Å². The van der Waals surface area contributed by atoms with Crippen molar-refractivity contribution < 1.29 is 9.90 Å². The van der Waals surface area contributed by atoms with E-state index >= 15 is 0 Å². The molecule has 1 aromatic carbocycles. The van der Waals surface area contributed by atoms with Gasteiger partial charge in [-0.25, -0.2) is 4.79 Å². The summed E-state index contributed by atoms with van der Waals surface area (Å²) in [5.41, 5.74) is 7.80. The summed E-state index contributed by atoms with van der Waals surface area (Å²) in [4.78, 5) is 10.8. The van der Waals surface area contributed by atoms with Gasteiger partial charge in [0.2, 0.25) is 0 Å². The highest BCUT2D eigenvalue weighted by atomic mass is 16.4. The van der Waals surface area contributed by atoms with Crippen molar-refractivity contribution in [2.45, 2.75) is 18.9 Å². The molecule has 0 aliphatic carbocycles. The van der Waals surface area contributed by atoms with E-state index in [4.69, 9.17) is 10.8 Å². The van der Waals surface area contributed by atoms with Crippen molar-refractivity contribution in [1.29, 1.82) is 0 Å². The lowest BCUT2D eigenvalue weighted by atomic mass is 9.85. The standard InChI is InChI=1S/C11H14N2O2/c1-11(12)4-5-13-9-3-2-7(10(14)15)6-8(9)11/h2-3,6,13H,4-5,12H2,1H3,(H,14,15)/t11-/m1/s1. The third-order valence-corrected chi connectivity index (χ3v) is 2.84. The van der Waals surface area contributed by atoms with Gasteiger partial charge in [-0.15, -0.1) is 0 Å². The molecular weight excluding hydrogens is 192 g/mol. The zero-order chi connectivity index (χ0) is 11.1. The lowest BCUT2D eigenvalue weighted by Gasteiger charge is -2.33. The first kappa shape index (κ1) is 9.98. The van der Waals surface area contributed by atoms with Gasteiger partial charge >= 0.3 is 5.97 Å². The molecule has 0 aromatic heterocycles. The summed E-state index contributed by atoms with van der Waals surface area (Å²) in [7, 11) is 0. The fourth-order valence-electron chi connectivity index (χ4n) is 1.90. The number of fused-ring (bicyclic) bond motifs is 1. The van der Waals surface area contributed by atoms with Gasteiger partial charge in [-0.1, -0.05) is 0 Å². The zero-order valence-corrected chi connectivity index (χ0v) is 8.58. The van der Waals surface area contributed by atoms with Crippen LogP contribution in [0.25, 0.3) is 0 Å². The molecule has 0 spiro atoms. The van der Waals surface area contributed by atoms with E-state index in [1.165, 1.54) is 0 Å². The minimum Gasteiger partial charge on any atom is -0.478 e. The molecule has 2 rings (SSSR count). The second-order valence-electron chi connectivity index (χ2n) is 4.16. The first-order chi connectivity index (χ1) is 7.00. The third kappa shape index (κ3) is 1.68. The van der Waals surface area contributed by atoms with Gasteiger partial charge in [0.05, 0.1) is 5.56 Å². The van der Waals surface area contributed by atoms with E-state index in [1.807, 2.05) is 6.92 Å². The summed E-state index contributed by atoms with van der Waals surface area (Å²) < 4.78 is 0. The molecule has 4 nitrogen and oxygen atoms in total. The van der Waals surface area contributed by atoms with Crippen LogP contribution in [0.5, 0.6) is 0 Å². The molecule has 1 heterocycles. The van der Waals surface area contributed by atoms with Crippen LogP contribution in [0.4, 0.5) is 5.69 Å². The molecule has 1 aromatic rings. The summed E-state index contributed by atoms with van der Waals surface area (Å²) in [5, 5.41) is 12.1. The molecule has 4 N–H and O–H groups in total. The monoisotopic (exact) mass is 206 g/mol. The van der Waals surface area contributed by atoms with Crippen LogP contribution in [0.2, 0.25) is 0 Å². The van der Waals surface area contributed by atoms with Crippen LogP contribution in [0.3, 0.4) is 0 Å². The van der Waals surface area contributed by atoms with E-state index in [0.717, 1.165) is 24.2 Å². The minimum absolute atomic E-state index is 0.286. The summed E-state index contributed by atoms with van der Waals surface area (Å²) in [5.74, 6) is -0.917. The molecule has 1 aliphatic heterocycles. The highest BCUT2D eigenvalue weighted by Gasteiger charge is 2.28. The molecule has 0 saturated carbocycles. The summed E-state index contributed by atoms with van der Waals surface area (Å²) in [6.45, 7) is 2.75. The van der Waals surface area contributed by atoms with Crippen LogP contribution in [-0.2, 0) is 5.54 Å². The minimum atomic E-state index is -0.917. The number of nitrogens with one attached hydrogen (secondary N) is 1. The highest BCUT2D eigenvalue weighted by Crippen LogP contribution is 2.33. The normalized spacial score (nSPS) is 24.1. The van der Waals surface area contributed by atoms with Gasteiger partial charge in [0, 0.05) is 17.8 Å². The summed E-state index contributed by atoms with van der Waals surface area (Å²) in [6.07, 6.45) is 0.809. The number of nitrogens with two attached hydrogens (primary N) is 1. The predicted molar refractivity (Wildman–Crippen MR) is 58.0 cm³/mol. The molecule has 0 amide bonds. The number of aromatic carboxylic acids is 1. The Bertz CT molecular complexity index is 413. The molecule has 80 valence electrons. The van der Waals surface area contributed by atoms with Crippen molar-refractivity contribution >= 4 is 11.7 Å². The van der Waals surface area contributed by atoms with Crippen LogP contribution in [0.15, 0.2) is 18.2 Å². The Labute approximate surface area is 88.1 Å². The van der Waals surface area contributed by atoms with E-state index in [2.05, 4.69) is 5.32 Å². The van der Waals surface area contributed by atoms with Crippen LogP contribution in [-0.4, -0.2) is 17.6 Å². The average molecular weight is 206 g/mol. The number of hydrogen-bond donors (Lipinski definition) is 3. The van der Waals surface area contributed by atoms with E-state index in [1.54, 1.807) is 18.2 Å². The molecule has 0 bridgehead atoms. The Hall–Kier alpha value is -1.55. The molecule has 0 saturated heterocycles. The second kappa shape index (κ2) is 3.24. The van der Waals surface area contributed by atoms with Crippen molar-refractivity contribution in [3.63, 3.8) is 0 Å². The number of benzene rings is 1. The highest BCUT2D eigenvalue weighted by molar-refractivity contribution is 5.88. The van der Waals surface area contributed by atoms with Crippen molar-refractivity contribution in [1.82, 2.24) is 0 Å². The predicted octanol–water partition coefficient (Wildman–Crippen LogP) is 1.37. The van der Waals surface area contributed by atoms with Gasteiger partial charge in [-0.3, -0.25) is 0 Å². The second-order valence-corrected chi connectivity index (χ2v) is 4.16. The Morgan fingerprint density at radius 1 is 1.60 bits per heavy atom. The van der Waals surface area contributed by atoms with Gasteiger partial charge in [-0.05, 0) is 37.1 Å². The third-order valence-electron chi connectivity index (χ3n) is 2.84. The fraction of sp³-hybridized carbons (Fsp3) is 0.364. The lowest BCUT2D eigenvalue weighted by Crippen LogP contribution is -2.39. The number of carboxylic acid groups (broad SMARTS) is 1. The van der Waals surface area contributed by atoms with Gasteiger partial charge in [0.15, 0.2) is 0 Å². The Morgan fingerprint density at radius 2 is 2.33 bits per heavy atom. The smallest absolute Gasteiger partial charge is 0.335 e. The Kier molecular flexibility index (Phi) is 2.16. The largest absolute Gasteiger partial charge is 0.478 e. The molecule has 4 heteroatoms. The molecular formula is C11H14N2O2.